The van der Waals surface area contributed by atoms with E-state index in [9.17, 15) is 25.1 Å². The Morgan fingerprint density at radius 1 is 1.26 bits per heavy atom. The molecule has 2 rings (SSSR count). The third-order valence-corrected chi connectivity index (χ3v) is 2.92. The van der Waals surface area contributed by atoms with Crippen LogP contribution < -0.4 is 0 Å². The highest BCUT2D eigenvalue weighted by atomic mass is 16.7. The van der Waals surface area contributed by atoms with E-state index in [1.54, 1.807) is 30.3 Å². The van der Waals surface area contributed by atoms with E-state index >= 15 is 0 Å². The number of aliphatic hydroxyl groups is 2. The van der Waals surface area contributed by atoms with Gasteiger partial charge in [-0.15, -0.1) is 0 Å². The van der Waals surface area contributed by atoms with Gasteiger partial charge in [-0.2, -0.15) is 0 Å². The van der Waals surface area contributed by atoms with E-state index in [1.807, 2.05) is 0 Å². The normalized spacial score (nSPS) is 25.2. The van der Waals surface area contributed by atoms with Gasteiger partial charge in [0, 0.05) is 11.1 Å². The van der Waals surface area contributed by atoms with Gasteiger partial charge >= 0.3 is 5.72 Å². The van der Waals surface area contributed by atoms with Crippen molar-refractivity contribution in [3.8, 4) is 0 Å². The molecule has 0 aromatic heterocycles. The Morgan fingerprint density at radius 3 is 2.47 bits per heavy atom. The zero-order valence-electron chi connectivity index (χ0n) is 9.81. The minimum absolute atomic E-state index is 0.144. The molecule has 1 atom stereocenters. The molecule has 1 unspecified atom stereocenters. The molecule has 0 heterocycles. The molecule has 0 amide bonds. The van der Waals surface area contributed by atoms with E-state index in [0.717, 1.165) is 6.08 Å². The Bertz CT molecular complexity index is 590. The molecule has 0 fully saturated rings. The van der Waals surface area contributed by atoms with E-state index in [-0.39, 0.29) is 11.3 Å². The van der Waals surface area contributed by atoms with Crippen LogP contribution in [0.4, 0.5) is 0 Å². The van der Waals surface area contributed by atoms with Crippen molar-refractivity contribution in [2.75, 3.05) is 0 Å². The van der Waals surface area contributed by atoms with Crippen molar-refractivity contribution in [1.29, 1.82) is 0 Å². The molecule has 0 spiro atoms. The van der Waals surface area contributed by atoms with Crippen molar-refractivity contribution in [1.82, 2.24) is 0 Å². The second-order valence-electron chi connectivity index (χ2n) is 4.19. The number of nitro groups is 1. The van der Waals surface area contributed by atoms with Crippen LogP contribution in [0.3, 0.4) is 0 Å². The fraction of sp³-hybridized carbons (Fsp3) is 0.154. The molecule has 6 heteroatoms. The number of ketones is 1. The lowest BCUT2D eigenvalue weighted by molar-refractivity contribution is -0.602. The summed E-state index contributed by atoms with van der Waals surface area (Å²) in [6, 6.07) is 8.40. The Morgan fingerprint density at radius 2 is 1.89 bits per heavy atom. The van der Waals surface area contributed by atoms with Crippen molar-refractivity contribution in [3.05, 3.63) is 63.7 Å². The number of allylic oxidation sites excluding steroid dienone is 1. The first-order valence-electron chi connectivity index (χ1n) is 5.52. The van der Waals surface area contributed by atoms with Gasteiger partial charge < -0.3 is 10.2 Å². The summed E-state index contributed by atoms with van der Waals surface area (Å²) in [5.41, 5.74) is -2.10. The lowest BCUT2D eigenvalue weighted by Crippen LogP contribution is -2.47. The monoisotopic (exact) mass is 261 g/mol. The van der Waals surface area contributed by atoms with E-state index in [4.69, 9.17) is 0 Å². The van der Waals surface area contributed by atoms with Gasteiger partial charge in [-0.25, -0.2) is 0 Å². The van der Waals surface area contributed by atoms with Crippen molar-refractivity contribution < 1.29 is 19.9 Å². The summed E-state index contributed by atoms with van der Waals surface area (Å²) in [4.78, 5) is 21.1. The molecule has 0 saturated carbocycles. The molecular weight excluding hydrogens is 250 g/mol. The van der Waals surface area contributed by atoms with Crippen LogP contribution in [0.1, 0.15) is 12.0 Å². The number of hydrogen-bond acceptors (Lipinski definition) is 5. The third-order valence-electron chi connectivity index (χ3n) is 2.92. The quantitative estimate of drug-likeness (QED) is 0.363. The second-order valence-corrected chi connectivity index (χ2v) is 4.19. The topological polar surface area (TPSA) is 101 Å². The van der Waals surface area contributed by atoms with Crippen molar-refractivity contribution in [3.63, 3.8) is 0 Å². The number of hydrogen-bond donors (Lipinski definition) is 2. The average Bonchev–Trinajstić information content (AvgIpc) is 2.42. The van der Waals surface area contributed by atoms with E-state index in [1.165, 1.54) is 6.08 Å². The first-order chi connectivity index (χ1) is 8.95. The minimum atomic E-state index is -2.70. The Hall–Kier alpha value is -2.47. The average molecular weight is 261 g/mol. The van der Waals surface area contributed by atoms with Gasteiger partial charge in [-0.05, 0) is 6.08 Å². The van der Waals surface area contributed by atoms with Crippen LogP contribution in [-0.4, -0.2) is 26.6 Å². The summed E-state index contributed by atoms with van der Waals surface area (Å²) in [6.45, 7) is 0. The third kappa shape index (κ3) is 2.25. The molecule has 1 aliphatic carbocycles. The molecule has 1 aliphatic rings. The van der Waals surface area contributed by atoms with Gasteiger partial charge in [0.05, 0.1) is 11.3 Å². The number of rotatable bonds is 2. The molecule has 0 saturated heterocycles. The maximum atomic E-state index is 11.4. The zero-order valence-corrected chi connectivity index (χ0v) is 9.81. The van der Waals surface area contributed by atoms with Crippen molar-refractivity contribution in [2.45, 2.75) is 12.1 Å². The molecule has 1 aromatic rings. The summed E-state index contributed by atoms with van der Waals surface area (Å²) in [5, 5.41) is 30.6. The van der Waals surface area contributed by atoms with Crippen molar-refractivity contribution in [2.24, 2.45) is 0 Å². The van der Waals surface area contributed by atoms with Gasteiger partial charge in [0.1, 0.15) is 5.76 Å². The molecule has 98 valence electrons. The predicted octanol–water partition coefficient (Wildman–Crippen LogP) is 1.45. The Balaban J connectivity index is 2.46. The number of benzene rings is 1. The standard InChI is InChI=1S/C13H11NO5/c15-11-7-6-10(8-13(11,17)14(18)19)12(16)9-4-2-1-3-5-9/h1-7,16-17H,8H2/b12-10+. The highest BCUT2D eigenvalue weighted by Gasteiger charge is 2.50. The molecule has 0 bridgehead atoms. The molecule has 6 nitrogen and oxygen atoms in total. The van der Waals surface area contributed by atoms with Gasteiger partial charge in [-0.1, -0.05) is 36.4 Å². The Labute approximate surface area is 108 Å². The number of carbonyl (C=O) groups excluding carboxylic acids is 1. The van der Waals surface area contributed by atoms with Crippen LogP contribution in [0.2, 0.25) is 0 Å². The maximum absolute atomic E-state index is 11.4. The van der Waals surface area contributed by atoms with Gasteiger partial charge in [-0.3, -0.25) is 14.9 Å². The maximum Gasteiger partial charge on any atom is 0.389 e. The molecule has 0 aliphatic heterocycles. The highest BCUT2D eigenvalue weighted by Crippen LogP contribution is 2.29. The van der Waals surface area contributed by atoms with Crippen LogP contribution in [-0.2, 0) is 4.79 Å². The van der Waals surface area contributed by atoms with Crippen LogP contribution in [0, 0.1) is 10.1 Å². The van der Waals surface area contributed by atoms with Crippen LogP contribution in [0.15, 0.2) is 48.1 Å². The van der Waals surface area contributed by atoms with E-state index in [0.29, 0.717) is 5.56 Å². The summed E-state index contributed by atoms with van der Waals surface area (Å²) in [5.74, 6) is -1.19. The summed E-state index contributed by atoms with van der Waals surface area (Å²) >= 11 is 0. The van der Waals surface area contributed by atoms with Crippen LogP contribution in [0.5, 0.6) is 0 Å². The number of aliphatic hydroxyl groups excluding tert-OH is 1. The number of carbonyl (C=O) groups is 1. The first kappa shape index (κ1) is 13.0. The largest absolute Gasteiger partial charge is 0.507 e. The number of nitrogens with zero attached hydrogens (tertiary/aromatic N) is 1. The SMILES string of the molecule is O=C1C=C/C(=C(\O)c2ccccc2)CC1(O)[N+](=O)[O-]. The van der Waals surface area contributed by atoms with Gasteiger partial charge in [0.25, 0.3) is 5.78 Å². The predicted molar refractivity (Wildman–Crippen MR) is 66.7 cm³/mol. The second kappa shape index (κ2) is 4.66. The molecule has 0 radical (unpaired) electrons. The zero-order chi connectivity index (χ0) is 14.0. The van der Waals surface area contributed by atoms with E-state index < -0.39 is 22.9 Å². The van der Waals surface area contributed by atoms with Crippen LogP contribution >= 0.6 is 0 Å². The molecule has 2 N–H and O–H groups in total. The van der Waals surface area contributed by atoms with Gasteiger partial charge in [0.15, 0.2) is 0 Å². The molecular formula is C13H11NO5. The van der Waals surface area contributed by atoms with Crippen molar-refractivity contribution >= 4 is 11.5 Å². The minimum Gasteiger partial charge on any atom is -0.507 e. The molecule has 1 aromatic carbocycles. The van der Waals surface area contributed by atoms with Gasteiger partial charge in [0.2, 0.25) is 0 Å². The summed E-state index contributed by atoms with van der Waals surface area (Å²) in [6.07, 6.45) is 1.62. The summed E-state index contributed by atoms with van der Waals surface area (Å²) < 4.78 is 0. The molecule has 19 heavy (non-hydrogen) atoms. The highest BCUT2D eigenvalue weighted by molar-refractivity contribution is 5.98. The van der Waals surface area contributed by atoms with Crippen LogP contribution in [0.25, 0.3) is 5.76 Å². The lowest BCUT2D eigenvalue weighted by Gasteiger charge is -2.21. The fourth-order valence-electron chi connectivity index (χ4n) is 1.82. The van der Waals surface area contributed by atoms with E-state index in [2.05, 4.69) is 0 Å². The fourth-order valence-corrected chi connectivity index (χ4v) is 1.82. The lowest BCUT2D eigenvalue weighted by atomic mass is 9.90. The Kier molecular flexibility index (Phi) is 3.18. The smallest absolute Gasteiger partial charge is 0.389 e. The first-order valence-corrected chi connectivity index (χ1v) is 5.52. The summed E-state index contributed by atoms with van der Waals surface area (Å²) in [7, 11) is 0.